The molecular weight excluding hydrogens is 812 g/mol. The third-order valence-electron chi connectivity index (χ3n) is 11.5. The summed E-state index contributed by atoms with van der Waals surface area (Å²) in [7, 11) is 0. The third kappa shape index (κ3) is 8.71. The number of nitrogens with zero attached hydrogens (tertiary/aromatic N) is 2. The van der Waals surface area contributed by atoms with E-state index in [2.05, 4.69) is 0 Å². The van der Waals surface area contributed by atoms with Gasteiger partial charge in [0.15, 0.2) is 31.1 Å². The van der Waals surface area contributed by atoms with Gasteiger partial charge in [0.2, 0.25) is 0 Å². The average molecular weight is 861 g/mol. The molecule has 18 nitrogen and oxygen atoms in total. The van der Waals surface area contributed by atoms with Crippen molar-refractivity contribution in [1.29, 1.82) is 0 Å². The molecule has 330 valence electrons. The van der Waals surface area contributed by atoms with Crippen molar-refractivity contribution in [3.8, 4) is 0 Å². The summed E-state index contributed by atoms with van der Waals surface area (Å²) in [5.74, 6) is -5.41. The lowest BCUT2D eigenvalue weighted by Crippen LogP contribution is -2.72. The second-order valence-corrected chi connectivity index (χ2v) is 15.6. The number of ether oxygens (including phenoxy) is 9. The number of carbonyl (C=O) groups is 7. The van der Waals surface area contributed by atoms with Crippen LogP contribution in [0.2, 0.25) is 0 Å². The molecule has 5 aliphatic heterocycles. The summed E-state index contributed by atoms with van der Waals surface area (Å²) in [4.78, 5) is 96.1. The smallest absolute Gasteiger partial charge is 0.303 e. The third-order valence-corrected chi connectivity index (χ3v) is 11.5. The highest BCUT2D eigenvalue weighted by atomic mass is 16.8. The van der Waals surface area contributed by atoms with Crippen LogP contribution < -0.4 is 0 Å². The van der Waals surface area contributed by atoms with Crippen LogP contribution in [0.15, 0.2) is 83.0 Å². The number of hydrogen-bond acceptors (Lipinski definition) is 16. The monoisotopic (exact) mass is 860 g/mol. The van der Waals surface area contributed by atoms with E-state index < -0.39 is 116 Å². The first-order valence-corrected chi connectivity index (χ1v) is 20.1. The van der Waals surface area contributed by atoms with E-state index in [-0.39, 0.29) is 35.5 Å². The molecule has 0 spiro atoms. The fraction of sp³-hybridized carbons (Fsp3) is 0.477. The normalized spacial score (nSPS) is 31.4. The summed E-state index contributed by atoms with van der Waals surface area (Å²) in [6.45, 7) is 8.48. The predicted molar refractivity (Wildman–Crippen MR) is 209 cm³/mol. The highest BCUT2D eigenvalue weighted by molar-refractivity contribution is 6.19. The highest BCUT2D eigenvalue weighted by Crippen LogP contribution is 2.42. The Hall–Kier alpha value is -5.63. The molecule has 1 unspecified atom stereocenters. The molecule has 18 heteroatoms. The maximum Gasteiger partial charge on any atom is 0.303 e. The number of imide groups is 2. The van der Waals surface area contributed by atoms with Crippen molar-refractivity contribution in [1.82, 2.24) is 9.80 Å². The first-order valence-electron chi connectivity index (χ1n) is 20.1. The van der Waals surface area contributed by atoms with E-state index in [1.165, 1.54) is 27.7 Å². The molecule has 62 heavy (non-hydrogen) atoms. The zero-order valence-corrected chi connectivity index (χ0v) is 35.2. The zero-order chi connectivity index (χ0) is 44.6. The quantitative estimate of drug-likeness (QED) is 0.171. The molecule has 0 N–H and O–H groups in total. The largest absolute Gasteiger partial charge is 0.463 e. The molecule has 3 saturated heterocycles. The van der Waals surface area contributed by atoms with Crippen LogP contribution >= 0.6 is 0 Å². The van der Waals surface area contributed by atoms with Gasteiger partial charge in [0.25, 0.3) is 23.6 Å². The topological polar surface area (TPSA) is 209 Å². The minimum Gasteiger partial charge on any atom is -0.463 e. The van der Waals surface area contributed by atoms with Crippen LogP contribution in [0.3, 0.4) is 0 Å². The van der Waals surface area contributed by atoms with Gasteiger partial charge in [0.1, 0.15) is 43.1 Å². The van der Waals surface area contributed by atoms with Crippen molar-refractivity contribution >= 4 is 41.5 Å². The van der Waals surface area contributed by atoms with Gasteiger partial charge in [0.05, 0.1) is 13.2 Å². The van der Waals surface area contributed by atoms with Gasteiger partial charge in [-0.05, 0) is 33.3 Å². The fourth-order valence-corrected chi connectivity index (χ4v) is 8.17. The molecular formula is C44H48N2O16. The van der Waals surface area contributed by atoms with Crippen molar-refractivity contribution in [2.75, 3.05) is 13.2 Å². The van der Waals surface area contributed by atoms with Crippen LogP contribution in [-0.4, -0.2) is 126 Å². The van der Waals surface area contributed by atoms with Crippen LogP contribution in [-0.2, 0) is 82.8 Å². The zero-order valence-electron chi connectivity index (χ0n) is 35.2. The molecule has 11 atom stereocenters. The maximum absolute atomic E-state index is 14.2. The summed E-state index contributed by atoms with van der Waals surface area (Å²) in [5.41, 5.74) is 1.80. The second-order valence-electron chi connectivity index (χ2n) is 15.6. The van der Waals surface area contributed by atoms with Gasteiger partial charge in [-0.1, -0.05) is 60.7 Å². The molecule has 2 aromatic rings. The van der Waals surface area contributed by atoms with E-state index >= 15 is 0 Å². The molecule has 0 saturated carbocycles. The fourth-order valence-electron chi connectivity index (χ4n) is 8.17. The van der Waals surface area contributed by atoms with E-state index in [1.807, 2.05) is 36.4 Å². The Morgan fingerprint density at radius 2 is 1.15 bits per heavy atom. The second kappa shape index (κ2) is 18.4. The van der Waals surface area contributed by atoms with E-state index in [0.29, 0.717) is 5.56 Å². The number of benzene rings is 2. The van der Waals surface area contributed by atoms with E-state index in [9.17, 15) is 33.6 Å². The van der Waals surface area contributed by atoms with Crippen LogP contribution in [0.1, 0.15) is 65.9 Å². The molecule has 0 aliphatic carbocycles. The standard InChI is InChI=1S/C44H48N2O16/c1-21-22(2)39(51)45(38(21)50)32-37(35-31(20-56-42(61-35)29-16-12-9-13-17-29)59-43(32)55-18-28-14-10-8-11-15-28)62-44-33(46-40(52)23(3)24(4)41(46)53)36(58-27(7)49)34(57-26(6)48)30(60-44)19-54-25(5)47/h8-17,30-37,42-44H,18-20H2,1-7H3/t30-,31-,32-,33-,34-,35-,36-,37-,42?,43-,44+/m1/s1. The predicted octanol–water partition coefficient (Wildman–Crippen LogP) is 2.73. The summed E-state index contributed by atoms with van der Waals surface area (Å²) in [6.07, 6.45) is -12.6. The van der Waals surface area contributed by atoms with Crippen LogP contribution in [0, 0.1) is 0 Å². The van der Waals surface area contributed by atoms with Gasteiger partial charge in [-0.2, -0.15) is 0 Å². The van der Waals surface area contributed by atoms with E-state index in [4.69, 9.17) is 42.6 Å². The lowest BCUT2D eigenvalue weighted by atomic mass is 9.92. The number of esters is 3. The summed E-state index contributed by atoms with van der Waals surface area (Å²) in [5, 5.41) is 0. The van der Waals surface area contributed by atoms with Crippen molar-refractivity contribution in [2.24, 2.45) is 0 Å². The highest BCUT2D eigenvalue weighted by Gasteiger charge is 2.62. The van der Waals surface area contributed by atoms with Gasteiger partial charge < -0.3 is 42.6 Å². The van der Waals surface area contributed by atoms with Crippen molar-refractivity contribution in [3.63, 3.8) is 0 Å². The number of amides is 4. The first kappa shape index (κ1) is 44.4. The van der Waals surface area contributed by atoms with Crippen LogP contribution in [0.5, 0.6) is 0 Å². The molecule has 7 rings (SSSR count). The Morgan fingerprint density at radius 1 is 0.629 bits per heavy atom. The van der Waals surface area contributed by atoms with Gasteiger partial charge in [-0.15, -0.1) is 0 Å². The Morgan fingerprint density at radius 3 is 1.68 bits per heavy atom. The SMILES string of the molecule is CC(=O)OC[C@H]1O[C@@H](O[C@H]2[C@@H]3OC(c4ccccc4)OC[C@H]3O[C@@H](OCc3ccccc3)[C@@H]2N2C(=O)C(C)=C(C)C2=O)[C@H](N2C(=O)C(C)=C(C)C2=O)[C@@H](OC(C)=O)[C@@H]1OC(C)=O. The number of carbonyl (C=O) groups excluding carboxylic acids is 7. The van der Waals surface area contributed by atoms with Crippen LogP contribution in [0.25, 0.3) is 0 Å². The molecule has 5 aliphatic rings. The maximum atomic E-state index is 14.2. The Kier molecular flexibility index (Phi) is 13.2. The van der Waals surface area contributed by atoms with E-state index in [1.54, 1.807) is 24.3 Å². The van der Waals surface area contributed by atoms with Crippen molar-refractivity contribution in [2.45, 2.75) is 123 Å². The molecule has 4 amide bonds. The molecule has 2 aromatic carbocycles. The molecule has 5 heterocycles. The number of fused-ring (bicyclic) bond motifs is 1. The van der Waals surface area contributed by atoms with Gasteiger partial charge in [-0.25, -0.2) is 0 Å². The summed E-state index contributed by atoms with van der Waals surface area (Å²) < 4.78 is 56.1. The lowest BCUT2D eigenvalue weighted by Gasteiger charge is -2.53. The number of hydrogen-bond donors (Lipinski definition) is 0. The van der Waals surface area contributed by atoms with Crippen molar-refractivity contribution < 1.29 is 76.2 Å². The Balaban J connectivity index is 1.39. The molecule has 0 bridgehead atoms. The minimum absolute atomic E-state index is 0.0469. The lowest BCUT2D eigenvalue weighted by molar-refractivity contribution is -0.379. The van der Waals surface area contributed by atoms with Crippen molar-refractivity contribution in [3.05, 3.63) is 94.1 Å². The van der Waals surface area contributed by atoms with E-state index in [0.717, 1.165) is 36.1 Å². The van der Waals surface area contributed by atoms with Gasteiger partial charge in [0, 0.05) is 48.6 Å². The first-order chi connectivity index (χ1) is 29.6. The molecule has 3 fully saturated rings. The summed E-state index contributed by atoms with van der Waals surface area (Å²) >= 11 is 0. The molecule has 0 radical (unpaired) electrons. The summed E-state index contributed by atoms with van der Waals surface area (Å²) in [6, 6.07) is 14.9. The minimum atomic E-state index is -1.83. The van der Waals surface area contributed by atoms with Crippen LogP contribution in [0.4, 0.5) is 0 Å². The van der Waals surface area contributed by atoms with Gasteiger partial charge in [-0.3, -0.25) is 43.4 Å². The van der Waals surface area contributed by atoms with Gasteiger partial charge >= 0.3 is 17.9 Å². The molecule has 0 aromatic heterocycles. The average Bonchev–Trinajstić information content (AvgIpc) is 3.56. The number of rotatable bonds is 12. The Labute approximate surface area is 356 Å². The Bertz CT molecular complexity index is 2130.